The lowest BCUT2D eigenvalue weighted by Crippen LogP contribution is -2.39. The van der Waals surface area contributed by atoms with Gasteiger partial charge in [-0.2, -0.15) is 0 Å². The van der Waals surface area contributed by atoms with Crippen LogP contribution < -0.4 is 15.4 Å². The van der Waals surface area contributed by atoms with Crippen LogP contribution in [0.4, 0.5) is 9.93 Å². The second kappa shape index (κ2) is 6.88. The number of nitrogens with zero attached hydrogens (tertiary/aromatic N) is 3. The third-order valence-corrected chi connectivity index (χ3v) is 4.21. The maximum absolute atomic E-state index is 12.1. The fraction of sp³-hybridized carbons (Fsp3) is 0.429. The molecule has 1 saturated heterocycles. The number of methoxy groups -OCH3 is 1. The van der Waals surface area contributed by atoms with Crippen LogP contribution in [0.3, 0.4) is 0 Å². The number of aromatic nitrogens is 3. The Labute approximate surface area is 137 Å². The molecule has 0 aliphatic carbocycles. The van der Waals surface area contributed by atoms with E-state index in [1.54, 1.807) is 19.4 Å². The summed E-state index contributed by atoms with van der Waals surface area (Å²) in [4.78, 5) is 16.3. The standard InChI is InChI=1S/C14H17N5O3S/c1-8-18-19-14(23-8)17-13(20)16-10-5-6-22-12(10)9-3-4-11(21-2)15-7-9/h3-4,7,10,12H,5-6H2,1-2H3,(H2,16,17,19,20)/t10-,12+/m0/s1. The predicted octanol–water partition coefficient (Wildman–Crippen LogP) is 1.90. The van der Waals surface area contributed by atoms with Crippen molar-refractivity contribution in [3.63, 3.8) is 0 Å². The summed E-state index contributed by atoms with van der Waals surface area (Å²) in [6, 6.07) is 3.23. The van der Waals surface area contributed by atoms with Crippen molar-refractivity contribution in [3.8, 4) is 5.88 Å². The van der Waals surface area contributed by atoms with Gasteiger partial charge in [0.15, 0.2) is 0 Å². The third-order valence-electron chi connectivity index (χ3n) is 3.45. The van der Waals surface area contributed by atoms with Crippen LogP contribution in [0.5, 0.6) is 5.88 Å². The quantitative estimate of drug-likeness (QED) is 0.885. The molecule has 2 N–H and O–H groups in total. The molecular formula is C14H17N5O3S. The molecule has 3 heterocycles. The van der Waals surface area contributed by atoms with E-state index in [0.717, 1.165) is 17.0 Å². The van der Waals surface area contributed by atoms with Crippen molar-refractivity contribution in [2.24, 2.45) is 0 Å². The highest BCUT2D eigenvalue weighted by Crippen LogP contribution is 2.29. The van der Waals surface area contributed by atoms with Gasteiger partial charge >= 0.3 is 6.03 Å². The van der Waals surface area contributed by atoms with E-state index in [0.29, 0.717) is 17.6 Å². The molecule has 2 atom stereocenters. The minimum Gasteiger partial charge on any atom is -0.481 e. The highest BCUT2D eigenvalue weighted by molar-refractivity contribution is 7.15. The van der Waals surface area contributed by atoms with Crippen LogP contribution in [-0.2, 0) is 4.74 Å². The maximum atomic E-state index is 12.1. The first-order valence-corrected chi connectivity index (χ1v) is 7.96. The lowest BCUT2D eigenvalue weighted by molar-refractivity contribution is 0.100. The number of amides is 2. The summed E-state index contributed by atoms with van der Waals surface area (Å²) in [5, 5.41) is 14.6. The van der Waals surface area contributed by atoms with Gasteiger partial charge in [-0.3, -0.25) is 5.32 Å². The van der Waals surface area contributed by atoms with Gasteiger partial charge in [-0.15, -0.1) is 10.2 Å². The summed E-state index contributed by atoms with van der Waals surface area (Å²) in [7, 11) is 1.57. The van der Waals surface area contributed by atoms with Gasteiger partial charge in [0.1, 0.15) is 11.1 Å². The van der Waals surface area contributed by atoms with Gasteiger partial charge in [0.05, 0.1) is 13.2 Å². The maximum Gasteiger partial charge on any atom is 0.321 e. The van der Waals surface area contributed by atoms with Crippen LogP contribution in [-0.4, -0.2) is 41.0 Å². The zero-order chi connectivity index (χ0) is 16.2. The molecule has 1 aliphatic heterocycles. The highest BCUT2D eigenvalue weighted by atomic mass is 32.1. The Kier molecular flexibility index (Phi) is 4.68. The molecule has 1 aliphatic rings. The minimum atomic E-state index is -0.317. The fourth-order valence-electron chi connectivity index (χ4n) is 2.40. The third kappa shape index (κ3) is 3.74. The van der Waals surface area contributed by atoms with Crippen molar-refractivity contribution in [1.82, 2.24) is 20.5 Å². The number of aryl methyl sites for hydroxylation is 1. The molecule has 3 rings (SSSR count). The normalized spacial score (nSPS) is 20.3. The van der Waals surface area contributed by atoms with E-state index >= 15 is 0 Å². The molecule has 23 heavy (non-hydrogen) atoms. The lowest BCUT2D eigenvalue weighted by Gasteiger charge is -2.20. The van der Waals surface area contributed by atoms with Crippen LogP contribution in [0.2, 0.25) is 0 Å². The summed E-state index contributed by atoms with van der Waals surface area (Å²) in [6.45, 7) is 2.41. The molecule has 0 spiro atoms. The van der Waals surface area contributed by atoms with Crippen molar-refractivity contribution in [2.45, 2.75) is 25.5 Å². The Balaban J connectivity index is 1.62. The van der Waals surface area contributed by atoms with Crippen molar-refractivity contribution in [2.75, 3.05) is 19.0 Å². The molecule has 8 nitrogen and oxygen atoms in total. The van der Waals surface area contributed by atoms with E-state index in [1.807, 2.05) is 13.0 Å². The van der Waals surface area contributed by atoms with Crippen LogP contribution in [0.1, 0.15) is 23.1 Å². The molecule has 2 aromatic heterocycles. The second-order valence-corrected chi connectivity index (χ2v) is 6.23. The summed E-state index contributed by atoms with van der Waals surface area (Å²) in [5.74, 6) is 0.542. The topological polar surface area (TPSA) is 98.3 Å². The molecular weight excluding hydrogens is 318 g/mol. The van der Waals surface area contributed by atoms with Crippen LogP contribution in [0.15, 0.2) is 18.3 Å². The van der Waals surface area contributed by atoms with Crippen LogP contribution in [0, 0.1) is 6.92 Å². The Hall–Kier alpha value is -2.26. The number of anilines is 1. The summed E-state index contributed by atoms with van der Waals surface area (Å²) >= 11 is 1.33. The Morgan fingerprint density at radius 3 is 2.96 bits per heavy atom. The average Bonchev–Trinajstić information content (AvgIpc) is 3.16. The van der Waals surface area contributed by atoms with E-state index in [4.69, 9.17) is 9.47 Å². The van der Waals surface area contributed by atoms with Gasteiger partial charge < -0.3 is 14.8 Å². The van der Waals surface area contributed by atoms with E-state index in [1.165, 1.54) is 11.3 Å². The summed E-state index contributed by atoms with van der Waals surface area (Å²) in [5.41, 5.74) is 0.903. The smallest absolute Gasteiger partial charge is 0.321 e. The van der Waals surface area contributed by atoms with Crippen molar-refractivity contribution in [3.05, 3.63) is 28.9 Å². The zero-order valence-corrected chi connectivity index (χ0v) is 13.6. The highest BCUT2D eigenvalue weighted by Gasteiger charge is 2.31. The number of ether oxygens (including phenoxy) is 2. The molecule has 2 amide bonds. The Morgan fingerprint density at radius 1 is 1.43 bits per heavy atom. The molecule has 0 unspecified atom stereocenters. The number of hydrogen-bond donors (Lipinski definition) is 2. The van der Waals surface area contributed by atoms with Crippen molar-refractivity contribution in [1.29, 1.82) is 0 Å². The molecule has 0 saturated carbocycles. The van der Waals surface area contributed by atoms with Gasteiger partial charge in [0.2, 0.25) is 11.0 Å². The SMILES string of the molecule is COc1ccc([C@H]2OCC[C@@H]2NC(=O)Nc2nnc(C)s2)cn1. The first-order chi connectivity index (χ1) is 11.2. The molecule has 0 aromatic carbocycles. The first kappa shape index (κ1) is 15.6. The number of rotatable bonds is 4. The van der Waals surface area contributed by atoms with Gasteiger partial charge in [-0.1, -0.05) is 11.3 Å². The van der Waals surface area contributed by atoms with E-state index in [9.17, 15) is 4.79 Å². The molecule has 2 aromatic rings. The van der Waals surface area contributed by atoms with Crippen LogP contribution >= 0.6 is 11.3 Å². The van der Waals surface area contributed by atoms with E-state index in [2.05, 4.69) is 25.8 Å². The average molecular weight is 335 g/mol. The molecule has 1 fully saturated rings. The van der Waals surface area contributed by atoms with E-state index < -0.39 is 0 Å². The first-order valence-electron chi connectivity index (χ1n) is 7.15. The second-order valence-electron chi connectivity index (χ2n) is 5.05. The number of nitrogens with one attached hydrogen (secondary N) is 2. The minimum absolute atomic E-state index is 0.126. The van der Waals surface area contributed by atoms with Crippen molar-refractivity contribution < 1.29 is 14.3 Å². The lowest BCUT2D eigenvalue weighted by atomic mass is 10.0. The largest absolute Gasteiger partial charge is 0.481 e. The number of carbonyl (C=O) groups excluding carboxylic acids is 1. The van der Waals surface area contributed by atoms with E-state index in [-0.39, 0.29) is 18.2 Å². The molecule has 122 valence electrons. The number of urea groups is 1. The van der Waals surface area contributed by atoms with Crippen LogP contribution in [0.25, 0.3) is 0 Å². The fourth-order valence-corrected chi connectivity index (χ4v) is 2.98. The van der Waals surface area contributed by atoms with Gasteiger partial charge in [0.25, 0.3) is 0 Å². The van der Waals surface area contributed by atoms with Gasteiger partial charge in [-0.05, 0) is 19.4 Å². The summed E-state index contributed by atoms with van der Waals surface area (Å²) < 4.78 is 10.8. The molecule has 0 bridgehead atoms. The molecule has 0 radical (unpaired) electrons. The zero-order valence-electron chi connectivity index (χ0n) is 12.8. The van der Waals surface area contributed by atoms with Gasteiger partial charge in [0, 0.05) is 24.4 Å². The van der Waals surface area contributed by atoms with Gasteiger partial charge in [-0.25, -0.2) is 9.78 Å². The number of hydrogen-bond acceptors (Lipinski definition) is 7. The number of pyridine rings is 1. The predicted molar refractivity (Wildman–Crippen MR) is 84.7 cm³/mol. The summed E-state index contributed by atoms with van der Waals surface area (Å²) in [6.07, 6.45) is 2.21. The Bertz CT molecular complexity index is 675. The number of carbonyl (C=O) groups is 1. The molecule has 9 heteroatoms. The Morgan fingerprint density at radius 2 is 2.30 bits per heavy atom. The van der Waals surface area contributed by atoms with Crippen molar-refractivity contribution >= 4 is 22.5 Å². The monoisotopic (exact) mass is 335 g/mol.